The lowest BCUT2D eigenvalue weighted by Crippen LogP contribution is -2.34. The summed E-state index contributed by atoms with van der Waals surface area (Å²) in [5.41, 5.74) is 2.30. The van der Waals surface area contributed by atoms with E-state index in [1.165, 1.54) is 0 Å². The number of carbonyl (C=O) groups is 1. The molecular weight excluding hydrogens is 492 g/mol. The molecule has 1 saturated heterocycles. The highest BCUT2D eigenvalue weighted by Crippen LogP contribution is 2.39. The van der Waals surface area contributed by atoms with Crippen molar-refractivity contribution in [3.05, 3.63) is 82.4 Å². The fraction of sp³-hybridized carbons (Fsp3) is 0.345. The molecule has 8 heteroatoms. The van der Waals surface area contributed by atoms with E-state index in [1.54, 1.807) is 26.4 Å². The van der Waals surface area contributed by atoms with Crippen LogP contribution in [0.5, 0.6) is 23.0 Å². The lowest BCUT2D eigenvalue weighted by atomic mass is 10.1. The molecule has 3 aromatic carbocycles. The molecule has 1 fully saturated rings. The molecule has 0 N–H and O–H groups in total. The van der Waals surface area contributed by atoms with Gasteiger partial charge in [0.25, 0.3) is 5.91 Å². The zero-order valence-corrected chi connectivity index (χ0v) is 22.5. The highest BCUT2D eigenvalue weighted by atomic mass is 35.5. The second kappa shape index (κ2) is 12.2. The standard InChI is InChI=1S/C29H33ClN2O5/c1-31(2)22-15-16-32(17-22)29(33)25-13-14-26(36-18-20-5-9-23(34-3)10-6-20)28(27(25)30)37-19-21-7-11-24(35-4)12-8-21/h5-14,22H,15-19H2,1-4H3/t22-/m1/s1. The minimum absolute atomic E-state index is 0.106. The summed E-state index contributed by atoms with van der Waals surface area (Å²) in [5.74, 6) is 2.25. The van der Waals surface area contributed by atoms with Crippen LogP contribution in [0.2, 0.25) is 5.02 Å². The summed E-state index contributed by atoms with van der Waals surface area (Å²) in [6.45, 7) is 1.92. The van der Waals surface area contributed by atoms with Gasteiger partial charge >= 0.3 is 0 Å². The molecular formula is C29H33ClN2O5. The molecule has 0 saturated carbocycles. The summed E-state index contributed by atoms with van der Waals surface area (Å²) in [7, 11) is 7.32. The number of hydrogen-bond donors (Lipinski definition) is 0. The number of carbonyl (C=O) groups excluding carboxylic acids is 1. The Kier molecular flexibility index (Phi) is 8.79. The van der Waals surface area contributed by atoms with Crippen molar-refractivity contribution in [3.8, 4) is 23.0 Å². The van der Waals surface area contributed by atoms with Crippen molar-refractivity contribution in [1.29, 1.82) is 0 Å². The summed E-state index contributed by atoms with van der Waals surface area (Å²) < 4.78 is 22.7. The highest BCUT2D eigenvalue weighted by molar-refractivity contribution is 6.35. The van der Waals surface area contributed by atoms with Crippen LogP contribution in [0.4, 0.5) is 0 Å². The predicted octanol–water partition coefficient (Wildman–Crippen LogP) is 5.29. The second-order valence-corrected chi connectivity index (χ2v) is 9.56. The molecule has 1 aliphatic heterocycles. The molecule has 4 rings (SSSR count). The first kappa shape index (κ1) is 26.6. The van der Waals surface area contributed by atoms with Gasteiger partial charge in [0.05, 0.1) is 24.8 Å². The molecule has 1 amide bonds. The Labute approximate surface area is 223 Å². The van der Waals surface area contributed by atoms with Crippen LogP contribution in [0.15, 0.2) is 60.7 Å². The molecule has 0 aromatic heterocycles. The fourth-order valence-electron chi connectivity index (χ4n) is 4.23. The molecule has 0 unspecified atom stereocenters. The number of rotatable bonds is 10. The minimum atomic E-state index is -0.106. The van der Waals surface area contributed by atoms with Crippen molar-refractivity contribution >= 4 is 17.5 Å². The van der Waals surface area contributed by atoms with Crippen LogP contribution in [-0.4, -0.2) is 63.2 Å². The van der Waals surface area contributed by atoms with Gasteiger partial charge < -0.3 is 28.7 Å². The highest BCUT2D eigenvalue weighted by Gasteiger charge is 2.30. The van der Waals surface area contributed by atoms with Crippen LogP contribution in [-0.2, 0) is 13.2 Å². The van der Waals surface area contributed by atoms with Gasteiger partial charge in [0.15, 0.2) is 11.5 Å². The lowest BCUT2D eigenvalue weighted by Gasteiger charge is -2.22. The number of amides is 1. The summed E-state index contributed by atoms with van der Waals surface area (Å²) >= 11 is 6.82. The Morgan fingerprint density at radius 3 is 1.97 bits per heavy atom. The number of hydrogen-bond acceptors (Lipinski definition) is 6. The van der Waals surface area contributed by atoms with E-state index in [0.29, 0.717) is 42.8 Å². The second-order valence-electron chi connectivity index (χ2n) is 9.19. The molecule has 0 spiro atoms. The van der Waals surface area contributed by atoms with Gasteiger partial charge in [-0.15, -0.1) is 0 Å². The van der Waals surface area contributed by atoms with Crippen LogP contribution < -0.4 is 18.9 Å². The van der Waals surface area contributed by atoms with E-state index >= 15 is 0 Å². The predicted molar refractivity (Wildman–Crippen MR) is 144 cm³/mol. The Morgan fingerprint density at radius 2 is 1.46 bits per heavy atom. The molecule has 1 aliphatic rings. The molecule has 1 atom stereocenters. The summed E-state index contributed by atoms with van der Waals surface area (Å²) in [6.07, 6.45) is 0.931. The molecule has 37 heavy (non-hydrogen) atoms. The number of halogens is 1. The Bertz CT molecular complexity index is 1200. The van der Waals surface area contributed by atoms with E-state index in [0.717, 1.165) is 29.0 Å². The number of nitrogens with zero attached hydrogens (tertiary/aromatic N) is 2. The number of likely N-dealkylation sites (tertiary alicyclic amines) is 1. The maximum absolute atomic E-state index is 13.4. The Hall–Kier alpha value is -3.42. The lowest BCUT2D eigenvalue weighted by molar-refractivity contribution is 0.0782. The van der Waals surface area contributed by atoms with E-state index in [9.17, 15) is 4.79 Å². The van der Waals surface area contributed by atoms with Crippen molar-refractivity contribution in [1.82, 2.24) is 9.80 Å². The van der Waals surface area contributed by atoms with E-state index < -0.39 is 0 Å². The zero-order chi connectivity index (χ0) is 26.4. The third-order valence-corrected chi connectivity index (χ3v) is 6.94. The van der Waals surface area contributed by atoms with Crippen molar-refractivity contribution in [2.45, 2.75) is 25.7 Å². The maximum Gasteiger partial charge on any atom is 0.255 e. The Balaban J connectivity index is 1.57. The SMILES string of the molecule is COc1ccc(COc2ccc(C(=O)N3CC[C@@H](N(C)C)C3)c(Cl)c2OCc2ccc(OC)cc2)cc1. The normalized spacial score (nSPS) is 15.1. The topological polar surface area (TPSA) is 60.5 Å². The van der Waals surface area contributed by atoms with Gasteiger partial charge in [-0.05, 0) is 68.0 Å². The van der Waals surface area contributed by atoms with Crippen LogP contribution in [0, 0.1) is 0 Å². The third-order valence-electron chi connectivity index (χ3n) is 6.57. The third kappa shape index (κ3) is 6.48. The quantitative estimate of drug-likeness (QED) is 0.359. The van der Waals surface area contributed by atoms with Gasteiger partial charge in [0.2, 0.25) is 0 Å². The van der Waals surface area contributed by atoms with Gasteiger partial charge in [-0.1, -0.05) is 35.9 Å². The van der Waals surface area contributed by atoms with Gasteiger partial charge in [-0.25, -0.2) is 0 Å². The Morgan fingerprint density at radius 1 is 0.892 bits per heavy atom. The number of likely N-dealkylation sites (N-methyl/N-ethyl adjacent to an activating group) is 1. The number of ether oxygens (including phenoxy) is 4. The summed E-state index contributed by atoms with van der Waals surface area (Å²) in [4.78, 5) is 17.4. The first-order valence-corrected chi connectivity index (χ1v) is 12.6. The number of methoxy groups -OCH3 is 2. The first-order chi connectivity index (χ1) is 17.9. The van der Waals surface area contributed by atoms with Crippen LogP contribution in [0.3, 0.4) is 0 Å². The molecule has 7 nitrogen and oxygen atoms in total. The first-order valence-electron chi connectivity index (χ1n) is 12.2. The van der Waals surface area contributed by atoms with Crippen LogP contribution in [0.1, 0.15) is 27.9 Å². The molecule has 1 heterocycles. The van der Waals surface area contributed by atoms with Gasteiger partial charge in [0.1, 0.15) is 24.7 Å². The van der Waals surface area contributed by atoms with Crippen LogP contribution in [0.25, 0.3) is 0 Å². The zero-order valence-electron chi connectivity index (χ0n) is 21.7. The van der Waals surface area contributed by atoms with Crippen molar-refractivity contribution in [2.75, 3.05) is 41.4 Å². The summed E-state index contributed by atoms with van der Waals surface area (Å²) in [6, 6.07) is 19.0. The van der Waals surface area contributed by atoms with E-state index in [1.807, 2.05) is 67.5 Å². The van der Waals surface area contributed by atoms with Gasteiger partial charge in [-0.2, -0.15) is 0 Å². The maximum atomic E-state index is 13.4. The van der Waals surface area contributed by atoms with E-state index in [-0.39, 0.29) is 17.5 Å². The average molecular weight is 525 g/mol. The fourth-order valence-corrected chi connectivity index (χ4v) is 4.52. The molecule has 196 valence electrons. The molecule has 0 bridgehead atoms. The van der Waals surface area contributed by atoms with E-state index in [4.69, 9.17) is 30.5 Å². The largest absolute Gasteiger partial charge is 0.497 e. The molecule has 0 aliphatic carbocycles. The molecule has 3 aromatic rings. The minimum Gasteiger partial charge on any atom is -0.497 e. The van der Waals surface area contributed by atoms with Crippen molar-refractivity contribution in [2.24, 2.45) is 0 Å². The van der Waals surface area contributed by atoms with Crippen molar-refractivity contribution < 1.29 is 23.7 Å². The number of benzene rings is 3. The smallest absolute Gasteiger partial charge is 0.255 e. The molecule has 0 radical (unpaired) electrons. The van der Waals surface area contributed by atoms with Gasteiger partial charge in [0, 0.05) is 19.1 Å². The summed E-state index contributed by atoms with van der Waals surface area (Å²) in [5, 5.41) is 0.249. The van der Waals surface area contributed by atoms with Gasteiger partial charge in [-0.3, -0.25) is 4.79 Å². The monoisotopic (exact) mass is 524 g/mol. The van der Waals surface area contributed by atoms with Crippen molar-refractivity contribution in [3.63, 3.8) is 0 Å². The van der Waals surface area contributed by atoms with E-state index in [2.05, 4.69) is 4.90 Å². The average Bonchev–Trinajstić information content (AvgIpc) is 3.42. The van der Waals surface area contributed by atoms with Crippen LogP contribution >= 0.6 is 11.6 Å².